The second-order valence-electron chi connectivity index (χ2n) is 4.62. The van der Waals surface area contributed by atoms with Crippen molar-refractivity contribution in [3.63, 3.8) is 0 Å². The average molecular weight is 284 g/mol. The number of rotatable bonds is 6. The van der Waals surface area contributed by atoms with Gasteiger partial charge in [-0.3, -0.25) is 9.59 Å². The van der Waals surface area contributed by atoms with Crippen molar-refractivity contribution in [2.45, 2.75) is 39.2 Å². The lowest BCUT2D eigenvalue weighted by molar-refractivity contribution is -0.137. The van der Waals surface area contributed by atoms with Gasteiger partial charge in [-0.15, -0.1) is 0 Å². The van der Waals surface area contributed by atoms with Gasteiger partial charge in [0.2, 0.25) is 0 Å². The fourth-order valence-corrected chi connectivity index (χ4v) is 2.04. The molecule has 1 rings (SSSR count). The SMILES string of the molecule is Cc1cc(Cl)ccc1C(=O)NC(C)CCCC(=O)O. The molecule has 1 unspecified atom stereocenters. The highest BCUT2D eigenvalue weighted by molar-refractivity contribution is 6.30. The summed E-state index contributed by atoms with van der Waals surface area (Å²) in [7, 11) is 0. The number of benzene rings is 1. The number of nitrogens with one attached hydrogen (secondary N) is 1. The first-order valence-corrected chi connectivity index (χ1v) is 6.56. The zero-order valence-corrected chi connectivity index (χ0v) is 11.8. The molecule has 0 aliphatic carbocycles. The molecule has 0 bridgehead atoms. The Morgan fingerprint density at radius 3 is 2.68 bits per heavy atom. The molecule has 0 saturated carbocycles. The molecule has 1 amide bonds. The van der Waals surface area contributed by atoms with Gasteiger partial charge in [-0.05, 0) is 50.5 Å². The van der Waals surface area contributed by atoms with Crippen LogP contribution in [-0.2, 0) is 4.79 Å². The van der Waals surface area contributed by atoms with E-state index in [-0.39, 0.29) is 18.4 Å². The summed E-state index contributed by atoms with van der Waals surface area (Å²) >= 11 is 5.84. The predicted molar refractivity (Wildman–Crippen MR) is 74.6 cm³/mol. The van der Waals surface area contributed by atoms with Crippen molar-refractivity contribution in [3.8, 4) is 0 Å². The second-order valence-corrected chi connectivity index (χ2v) is 5.06. The highest BCUT2D eigenvalue weighted by atomic mass is 35.5. The number of hydrogen-bond acceptors (Lipinski definition) is 2. The van der Waals surface area contributed by atoms with Crippen molar-refractivity contribution in [1.29, 1.82) is 0 Å². The number of aryl methyl sites for hydroxylation is 1. The van der Waals surface area contributed by atoms with Gasteiger partial charge >= 0.3 is 5.97 Å². The van der Waals surface area contributed by atoms with E-state index in [0.29, 0.717) is 23.4 Å². The van der Waals surface area contributed by atoms with Crippen LogP contribution in [0.5, 0.6) is 0 Å². The highest BCUT2D eigenvalue weighted by Gasteiger charge is 2.12. The van der Waals surface area contributed by atoms with Gasteiger partial charge in [-0.1, -0.05) is 11.6 Å². The molecule has 0 spiro atoms. The lowest BCUT2D eigenvalue weighted by atomic mass is 10.1. The summed E-state index contributed by atoms with van der Waals surface area (Å²) in [6.07, 6.45) is 1.32. The van der Waals surface area contributed by atoms with Crippen molar-refractivity contribution >= 4 is 23.5 Å². The summed E-state index contributed by atoms with van der Waals surface area (Å²) in [5, 5.41) is 12.0. The summed E-state index contributed by atoms with van der Waals surface area (Å²) in [5.74, 6) is -0.968. The first-order valence-electron chi connectivity index (χ1n) is 6.19. The maximum atomic E-state index is 12.0. The molecule has 0 saturated heterocycles. The minimum Gasteiger partial charge on any atom is -0.481 e. The van der Waals surface area contributed by atoms with Crippen LogP contribution in [0, 0.1) is 6.92 Å². The Balaban J connectivity index is 2.52. The maximum absolute atomic E-state index is 12.0. The van der Waals surface area contributed by atoms with Crippen LogP contribution in [0.15, 0.2) is 18.2 Å². The number of amides is 1. The summed E-state index contributed by atoms with van der Waals surface area (Å²) in [4.78, 5) is 22.4. The largest absolute Gasteiger partial charge is 0.481 e. The third-order valence-corrected chi connectivity index (χ3v) is 3.07. The molecule has 0 aromatic heterocycles. The fourth-order valence-electron chi connectivity index (χ4n) is 1.82. The summed E-state index contributed by atoms with van der Waals surface area (Å²) < 4.78 is 0. The van der Waals surface area contributed by atoms with Crippen LogP contribution in [0.3, 0.4) is 0 Å². The second kappa shape index (κ2) is 7.14. The highest BCUT2D eigenvalue weighted by Crippen LogP contribution is 2.15. The Hall–Kier alpha value is -1.55. The molecular weight excluding hydrogens is 266 g/mol. The Morgan fingerprint density at radius 1 is 1.42 bits per heavy atom. The van der Waals surface area contributed by atoms with Crippen LogP contribution in [0.1, 0.15) is 42.1 Å². The van der Waals surface area contributed by atoms with Gasteiger partial charge < -0.3 is 10.4 Å². The molecule has 19 heavy (non-hydrogen) atoms. The molecular formula is C14H18ClNO3. The van der Waals surface area contributed by atoms with Crippen molar-refractivity contribution < 1.29 is 14.7 Å². The molecule has 0 radical (unpaired) electrons. The maximum Gasteiger partial charge on any atom is 0.303 e. The van der Waals surface area contributed by atoms with Crippen LogP contribution < -0.4 is 5.32 Å². The molecule has 0 aliphatic heterocycles. The number of hydrogen-bond donors (Lipinski definition) is 2. The van der Waals surface area contributed by atoms with Crippen molar-refractivity contribution in [2.75, 3.05) is 0 Å². The molecule has 2 N–H and O–H groups in total. The van der Waals surface area contributed by atoms with Crippen LogP contribution in [0.4, 0.5) is 0 Å². The van der Waals surface area contributed by atoms with Crippen molar-refractivity contribution in [3.05, 3.63) is 34.3 Å². The average Bonchev–Trinajstić information content (AvgIpc) is 2.27. The van der Waals surface area contributed by atoms with Crippen LogP contribution in [0.2, 0.25) is 5.02 Å². The van der Waals surface area contributed by atoms with Gasteiger partial charge in [0.1, 0.15) is 0 Å². The molecule has 1 aromatic carbocycles. The Kier molecular flexibility index (Phi) is 5.83. The van der Waals surface area contributed by atoms with E-state index in [1.54, 1.807) is 18.2 Å². The van der Waals surface area contributed by atoms with Crippen molar-refractivity contribution in [1.82, 2.24) is 5.32 Å². The smallest absolute Gasteiger partial charge is 0.303 e. The Bertz CT molecular complexity index is 474. The third kappa shape index (κ3) is 5.30. The van der Waals surface area contributed by atoms with Gasteiger partial charge in [-0.25, -0.2) is 0 Å². The predicted octanol–water partition coefficient (Wildman–Crippen LogP) is 3.02. The number of carboxylic acid groups (broad SMARTS) is 1. The van der Waals surface area contributed by atoms with E-state index in [1.165, 1.54) is 0 Å². The first-order chi connectivity index (χ1) is 8.90. The minimum absolute atomic E-state index is 0.0538. The Morgan fingerprint density at radius 2 is 2.11 bits per heavy atom. The van der Waals surface area contributed by atoms with E-state index in [0.717, 1.165) is 5.56 Å². The number of carbonyl (C=O) groups is 2. The summed E-state index contributed by atoms with van der Waals surface area (Å²) in [5.41, 5.74) is 1.41. The molecule has 104 valence electrons. The zero-order chi connectivity index (χ0) is 14.4. The minimum atomic E-state index is -0.813. The van der Waals surface area contributed by atoms with E-state index in [9.17, 15) is 9.59 Å². The lowest BCUT2D eigenvalue weighted by Crippen LogP contribution is -2.33. The fraction of sp³-hybridized carbons (Fsp3) is 0.429. The van der Waals surface area contributed by atoms with Gasteiger partial charge in [0, 0.05) is 23.0 Å². The lowest BCUT2D eigenvalue weighted by Gasteiger charge is -2.14. The monoisotopic (exact) mass is 283 g/mol. The molecule has 1 atom stereocenters. The van der Waals surface area contributed by atoms with Gasteiger partial charge in [0.05, 0.1) is 0 Å². The summed E-state index contributed by atoms with van der Waals surface area (Å²) in [6, 6.07) is 5.06. The van der Waals surface area contributed by atoms with E-state index < -0.39 is 5.97 Å². The van der Waals surface area contributed by atoms with Crippen LogP contribution >= 0.6 is 11.6 Å². The quantitative estimate of drug-likeness (QED) is 0.843. The van der Waals surface area contributed by atoms with Gasteiger partial charge in [-0.2, -0.15) is 0 Å². The number of aliphatic carboxylic acids is 1. The molecule has 5 heteroatoms. The topological polar surface area (TPSA) is 66.4 Å². The van der Waals surface area contributed by atoms with E-state index in [2.05, 4.69) is 5.32 Å². The molecule has 0 aliphatic rings. The van der Waals surface area contributed by atoms with Gasteiger partial charge in [0.15, 0.2) is 0 Å². The standard InChI is InChI=1S/C14H18ClNO3/c1-9-8-11(15)6-7-12(9)14(19)16-10(2)4-3-5-13(17)18/h6-8,10H,3-5H2,1-2H3,(H,16,19)(H,17,18). The molecule has 1 aromatic rings. The van der Waals surface area contributed by atoms with E-state index >= 15 is 0 Å². The first kappa shape index (κ1) is 15.5. The van der Waals surface area contributed by atoms with Gasteiger partial charge in [0.25, 0.3) is 5.91 Å². The molecule has 0 heterocycles. The number of carbonyl (C=O) groups excluding carboxylic acids is 1. The zero-order valence-electron chi connectivity index (χ0n) is 11.1. The van der Waals surface area contributed by atoms with Crippen LogP contribution in [-0.4, -0.2) is 23.0 Å². The van der Waals surface area contributed by atoms with E-state index in [4.69, 9.17) is 16.7 Å². The van der Waals surface area contributed by atoms with Crippen LogP contribution in [0.25, 0.3) is 0 Å². The normalized spacial score (nSPS) is 11.9. The molecule has 4 nitrogen and oxygen atoms in total. The third-order valence-electron chi connectivity index (χ3n) is 2.84. The number of carboxylic acids is 1. The van der Waals surface area contributed by atoms with Crippen molar-refractivity contribution in [2.24, 2.45) is 0 Å². The van der Waals surface area contributed by atoms with E-state index in [1.807, 2.05) is 13.8 Å². The molecule has 0 fully saturated rings. The number of halogens is 1. The summed E-state index contributed by atoms with van der Waals surface area (Å²) in [6.45, 7) is 3.70. The Labute approximate surface area is 117 Å².